The van der Waals surface area contributed by atoms with Gasteiger partial charge in [-0.1, -0.05) is 36.4 Å². The van der Waals surface area contributed by atoms with Crippen molar-refractivity contribution in [3.05, 3.63) is 48.0 Å². The van der Waals surface area contributed by atoms with Crippen molar-refractivity contribution in [1.82, 2.24) is 5.32 Å². The molecule has 0 unspecified atom stereocenters. The van der Waals surface area contributed by atoms with Gasteiger partial charge in [-0.25, -0.2) is 0 Å². The molecule has 0 fully saturated rings. The van der Waals surface area contributed by atoms with E-state index in [1.165, 1.54) is 0 Å². The highest BCUT2D eigenvalue weighted by molar-refractivity contribution is 5.83. The van der Waals surface area contributed by atoms with Crippen LogP contribution in [-0.4, -0.2) is 23.7 Å². The van der Waals surface area contributed by atoms with Crippen LogP contribution in [0.4, 0.5) is 13.2 Å². The number of rotatable bonds is 4. The molecule has 0 aliphatic carbocycles. The van der Waals surface area contributed by atoms with Crippen molar-refractivity contribution in [1.29, 1.82) is 0 Å². The van der Waals surface area contributed by atoms with E-state index in [1.54, 1.807) is 12.1 Å². The van der Waals surface area contributed by atoms with Crippen LogP contribution in [0.5, 0.6) is 0 Å². The van der Waals surface area contributed by atoms with Crippen LogP contribution in [0.2, 0.25) is 0 Å². The Kier molecular flexibility index (Phi) is 4.47. The molecule has 1 atom stereocenters. The second-order valence-electron chi connectivity index (χ2n) is 4.72. The predicted molar refractivity (Wildman–Crippen MR) is 72.6 cm³/mol. The molecule has 0 radical (unpaired) electrons. The largest absolute Gasteiger partial charge is 0.397 e. The first-order valence-electron chi connectivity index (χ1n) is 6.35. The maximum absolute atomic E-state index is 12.0. The fraction of sp³-hybridized carbons (Fsp3) is 0.267. The molecule has 0 spiro atoms. The monoisotopic (exact) mass is 297 g/mol. The van der Waals surface area contributed by atoms with E-state index in [4.69, 9.17) is 0 Å². The normalized spacial score (nSPS) is 13.1. The van der Waals surface area contributed by atoms with Gasteiger partial charge in [0.25, 0.3) is 0 Å². The third kappa shape index (κ3) is 4.46. The van der Waals surface area contributed by atoms with Crippen molar-refractivity contribution >= 4 is 16.7 Å². The fourth-order valence-electron chi connectivity index (χ4n) is 1.99. The number of benzene rings is 2. The van der Waals surface area contributed by atoms with E-state index in [9.17, 15) is 23.1 Å². The molecule has 2 aromatic carbocycles. The summed E-state index contributed by atoms with van der Waals surface area (Å²) >= 11 is 0. The van der Waals surface area contributed by atoms with Gasteiger partial charge < -0.3 is 10.4 Å². The Morgan fingerprint density at radius 2 is 1.81 bits per heavy atom. The Morgan fingerprint density at radius 1 is 1.14 bits per heavy atom. The summed E-state index contributed by atoms with van der Waals surface area (Å²) in [5.74, 6) is -1.15. The van der Waals surface area contributed by atoms with Crippen LogP contribution in [0.15, 0.2) is 42.5 Å². The minimum absolute atomic E-state index is 0.257. The molecule has 1 amide bonds. The van der Waals surface area contributed by atoms with Gasteiger partial charge in [0.1, 0.15) is 6.42 Å². The number of aliphatic hydroxyl groups excluding tert-OH is 1. The molecule has 0 aromatic heterocycles. The number of halogens is 3. The Balaban J connectivity index is 1.99. The van der Waals surface area contributed by atoms with E-state index in [2.05, 4.69) is 5.32 Å². The van der Waals surface area contributed by atoms with Crippen molar-refractivity contribution < 1.29 is 23.1 Å². The zero-order chi connectivity index (χ0) is 15.5. The van der Waals surface area contributed by atoms with E-state index < -0.39 is 24.6 Å². The van der Waals surface area contributed by atoms with E-state index in [0.29, 0.717) is 5.56 Å². The Bertz CT molecular complexity index is 640. The highest BCUT2D eigenvalue weighted by Gasteiger charge is 2.31. The lowest BCUT2D eigenvalue weighted by atomic mass is 10.0. The lowest BCUT2D eigenvalue weighted by molar-refractivity contribution is -0.154. The summed E-state index contributed by atoms with van der Waals surface area (Å²) in [6.45, 7) is -0.257. The number of aliphatic hydroxyl groups is 1. The first-order valence-corrected chi connectivity index (χ1v) is 6.35. The zero-order valence-corrected chi connectivity index (χ0v) is 11.0. The zero-order valence-electron chi connectivity index (χ0n) is 11.0. The molecule has 2 rings (SSSR count). The quantitative estimate of drug-likeness (QED) is 0.911. The van der Waals surface area contributed by atoms with Gasteiger partial charge in [0.15, 0.2) is 0 Å². The van der Waals surface area contributed by atoms with Crippen LogP contribution in [0.1, 0.15) is 18.1 Å². The number of carbonyl (C=O) groups is 1. The summed E-state index contributed by atoms with van der Waals surface area (Å²) in [4.78, 5) is 11.1. The van der Waals surface area contributed by atoms with Gasteiger partial charge >= 0.3 is 6.18 Å². The molecule has 0 bridgehead atoms. The summed E-state index contributed by atoms with van der Waals surface area (Å²) in [5.41, 5.74) is 0.543. The van der Waals surface area contributed by atoms with Gasteiger partial charge in [0, 0.05) is 6.54 Å². The summed E-state index contributed by atoms with van der Waals surface area (Å²) in [6, 6.07) is 12.8. The van der Waals surface area contributed by atoms with Gasteiger partial charge in [-0.05, 0) is 22.4 Å². The molecule has 0 saturated heterocycles. The molecule has 0 aliphatic heterocycles. The number of alkyl halides is 3. The van der Waals surface area contributed by atoms with Crippen molar-refractivity contribution in [2.45, 2.75) is 18.7 Å². The van der Waals surface area contributed by atoms with Crippen molar-refractivity contribution in [3.8, 4) is 0 Å². The maximum atomic E-state index is 12.0. The second-order valence-corrected chi connectivity index (χ2v) is 4.72. The van der Waals surface area contributed by atoms with Gasteiger partial charge in [0.05, 0.1) is 6.10 Å². The summed E-state index contributed by atoms with van der Waals surface area (Å²) < 4.78 is 36.0. The number of amides is 1. The fourth-order valence-corrected chi connectivity index (χ4v) is 1.99. The van der Waals surface area contributed by atoms with Crippen molar-refractivity contribution in [2.75, 3.05) is 6.54 Å². The highest BCUT2D eigenvalue weighted by Crippen LogP contribution is 2.21. The molecular formula is C15H14F3NO2. The molecule has 6 heteroatoms. The molecular weight excluding hydrogens is 283 g/mol. The number of hydrogen-bond acceptors (Lipinski definition) is 2. The molecule has 0 heterocycles. The average Bonchev–Trinajstić information content (AvgIpc) is 2.42. The third-order valence-corrected chi connectivity index (χ3v) is 3.01. The van der Waals surface area contributed by atoms with Gasteiger partial charge in [-0.2, -0.15) is 13.2 Å². The summed E-state index contributed by atoms with van der Waals surface area (Å²) in [7, 11) is 0. The van der Waals surface area contributed by atoms with Crippen LogP contribution in [0.25, 0.3) is 10.8 Å². The first kappa shape index (κ1) is 15.3. The number of fused-ring (bicyclic) bond motifs is 1. The van der Waals surface area contributed by atoms with Crippen LogP contribution in [0.3, 0.4) is 0 Å². The Labute approximate surface area is 119 Å². The van der Waals surface area contributed by atoms with Crippen LogP contribution < -0.4 is 5.32 Å². The van der Waals surface area contributed by atoms with Crippen LogP contribution >= 0.6 is 0 Å². The third-order valence-electron chi connectivity index (χ3n) is 3.01. The molecule has 21 heavy (non-hydrogen) atoms. The average molecular weight is 297 g/mol. The molecule has 2 aromatic rings. The lowest BCUT2D eigenvalue weighted by Gasteiger charge is -2.13. The second kappa shape index (κ2) is 6.13. The minimum atomic E-state index is -4.54. The van der Waals surface area contributed by atoms with E-state index in [-0.39, 0.29) is 6.54 Å². The lowest BCUT2D eigenvalue weighted by Crippen LogP contribution is -2.31. The molecule has 2 N–H and O–H groups in total. The standard InChI is InChI=1S/C15H14F3NO2/c16-15(17,18)8-14(21)19-9-13(20)12-6-5-10-3-1-2-4-11(10)7-12/h1-7,13,20H,8-9H2,(H,19,21)/t13-/m1/s1. The van der Waals surface area contributed by atoms with E-state index >= 15 is 0 Å². The smallest absolute Gasteiger partial charge is 0.387 e. The van der Waals surface area contributed by atoms with Gasteiger partial charge in [-0.3, -0.25) is 4.79 Å². The van der Waals surface area contributed by atoms with E-state index in [1.807, 2.05) is 30.3 Å². The highest BCUT2D eigenvalue weighted by atomic mass is 19.4. The predicted octanol–water partition coefficient (Wildman–Crippen LogP) is 2.94. The first-order chi connectivity index (χ1) is 9.85. The van der Waals surface area contributed by atoms with Crippen molar-refractivity contribution in [2.24, 2.45) is 0 Å². The SMILES string of the molecule is O=C(CC(F)(F)F)NC[C@@H](O)c1ccc2ccccc2c1. The van der Waals surface area contributed by atoms with E-state index in [0.717, 1.165) is 10.8 Å². The minimum Gasteiger partial charge on any atom is -0.387 e. The molecule has 0 aliphatic rings. The number of carbonyl (C=O) groups excluding carboxylic acids is 1. The topological polar surface area (TPSA) is 49.3 Å². The number of hydrogen-bond donors (Lipinski definition) is 2. The Hall–Kier alpha value is -2.08. The summed E-state index contributed by atoms with van der Waals surface area (Å²) in [5, 5.41) is 13.9. The van der Waals surface area contributed by atoms with Crippen LogP contribution in [0, 0.1) is 0 Å². The van der Waals surface area contributed by atoms with Crippen molar-refractivity contribution in [3.63, 3.8) is 0 Å². The molecule has 0 saturated carbocycles. The van der Waals surface area contributed by atoms with Gasteiger partial charge in [-0.15, -0.1) is 0 Å². The summed E-state index contributed by atoms with van der Waals surface area (Å²) in [6.07, 6.45) is -7.14. The van der Waals surface area contributed by atoms with Crippen LogP contribution in [-0.2, 0) is 4.79 Å². The number of nitrogens with one attached hydrogen (secondary N) is 1. The van der Waals surface area contributed by atoms with Gasteiger partial charge in [0.2, 0.25) is 5.91 Å². The Morgan fingerprint density at radius 3 is 2.48 bits per heavy atom. The maximum Gasteiger partial charge on any atom is 0.397 e. The molecule has 112 valence electrons. The molecule has 3 nitrogen and oxygen atoms in total.